The van der Waals surface area contributed by atoms with Crippen LogP contribution in [0.25, 0.3) is 0 Å². The van der Waals surface area contributed by atoms with Crippen LogP contribution in [0, 0.1) is 5.92 Å². The summed E-state index contributed by atoms with van der Waals surface area (Å²) in [4.78, 5) is 16.4. The van der Waals surface area contributed by atoms with Crippen LogP contribution >= 0.6 is 23.2 Å². The number of carbonyl (C=O) groups excluding carboxylic acids is 1. The maximum atomic E-state index is 12.1. The van der Waals surface area contributed by atoms with Crippen LogP contribution in [-0.4, -0.2) is 17.4 Å². The summed E-state index contributed by atoms with van der Waals surface area (Å²) in [5.74, 6) is 0.401. The van der Waals surface area contributed by atoms with Gasteiger partial charge in [0.15, 0.2) is 0 Å². The molecule has 5 heteroatoms. The average Bonchev–Trinajstić information content (AvgIpc) is 3.32. The quantitative estimate of drug-likeness (QED) is 0.902. The van der Waals surface area contributed by atoms with Gasteiger partial charge in [0.2, 0.25) is 5.91 Å². The molecule has 0 saturated heterocycles. The van der Waals surface area contributed by atoms with Crippen molar-refractivity contribution < 1.29 is 4.79 Å². The van der Waals surface area contributed by atoms with Crippen molar-refractivity contribution in [3.05, 3.63) is 63.9 Å². The van der Waals surface area contributed by atoms with Gasteiger partial charge in [-0.1, -0.05) is 35.3 Å². The highest BCUT2D eigenvalue weighted by atomic mass is 35.5. The Kier molecular flexibility index (Phi) is 4.65. The zero-order valence-corrected chi connectivity index (χ0v) is 13.4. The molecule has 1 aliphatic carbocycles. The predicted octanol–water partition coefficient (Wildman–Crippen LogP) is 3.85. The molecule has 3 rings (SSSR count). The van der Waals surface area contributed by atoms with Crippen molar-refractivity contribution in [2.45, 2.75) is 18.8 Å². The van der Waals surface area contributed by atoms with Gasteiger partial charge in [-0.25, -0.2) is 0 Å². The molecular weight excluding hydrogens is 319 g/mol. The molecule has 1 saturated carbocycles. The fourth-order valence-corrected chi connectivity index (χ4v) is 2.89. The monoisotopic (exact) mass is 334 g/mol. The highest BCUT2D eigenvalue weighted by Gasteiger charge is 2.43. The summed E-state index contributed by atoms with van der Waals surface area (Å²) >= 11 is 11.9. The van der Waals surface area contributed by atoms with E-state index >= 15 is 0 Å². The topological polar surface area (TPSA) is 42.0 Å². The molecule has 1 aliphatic rings. The summed E-state index contributed by atoms with van der Waals surface area (Å²) in [5, 5.41) is 4.07. The van der Waals surface area contributed by atoms with Gasteiger partial charge in [0, 0.05) is 30.8 Å². The fourth-order valence-electron chi connectivity index (χ4n) is 2.59. The lowest BCUT2D eigenvalue weighted by molar-refractivity contribution is -0.122. The number of hydrogen-bond donors (Lipinski definition) is 1. The summed E-state index contributed by atoms with van der Waals surface area (Å²) in [7, 11) is 0. The van der Waals surface area contributed by atoms with Gasteiger partial charge < -0.3 is 5.32 Å². The molecule has 1 aromatic heterocycles. The van der Waals surface area contributed by atoms with Crippen LogP contribution in [0.4, 0.5) is 0 Å². The molecule has 0 radical (unpaired) electrons. The molecule has 1 amide bonds. The number of aromatic nitrogens is 1. The number of halogens is 2. The fraction of sp³-hybridized carbons (Fsp3) is 0.294. The third kappa shape index (κ3) is 3.60. The maximum Gasteiger partial charge on any atom is 0.223 e. The van der Waals surface area contributed by atoms with Crippen LogP contribution in [0.15, 0.2) is 42.6 Å². The van der Waals surface area contributed by atoms with E-state index in [4.69, 9.17) is 23.2 Å². The maximum absolute atomic E-state index is 12.1. The first-order chi connectivity index (χ1) is 10.6. The lowest BCUT2D eigenvalue weighted by Gasteiger charge is -2.05. The molecule has 1 N–H and O–H groups in total. The SMILES string of the molecule is O=C(NCCc1ccccn1)[C@@H]1C[C@@H]1c1ccc(Cl)c(Cl)c1. The molecule has 0 aliphatic heterocycles. The number of hydrogen-bond acceptors (Lipinski definition) is 2. The van der Waals surface area contributed by atoms with Crippen molar-refractivity contribution in [1.29, 1.82) is 0 Å². The van der Waals surface area contributed by atoms with E-state index in [0.717, 1.165) is 24.1 Å². The molecule has 2 aromatic rings. The van der Waals surface area contributed by atoms with Crippen molar-refractivity contribution in [2.75, 3.05) is 6.54 Å². The van der Waals surface area contributed by atoms with Gasteiger partial charge in [-0.2, -0.15) is 0 Å². The van der Waals surface area contributed by atoms with E-state index < -0.39 is 0 Å². The molecular formula is C17H16Cl2N2O. The minimum absolute atomic E-state index is 0.0426. The Morgan fingerprint density at radius 2 is 2.09 bits per heavy atom. The van der Waals surface area contributed by atoms with Crippen LogP contribution in [0.3, 0.4) is 0 Å². The van der Waals surface area contributed by atoms with Crippen molar-refractivity contribution in [3.63, 3.8) is 0 Å². The Bertz CT molecular complexity index is 676. The van der Waals surface area contributed by atoms with Crippen molar-refractivity contribution in [3.8, 4) is 0 Å². The first kappa shape index (κ1) is 15.3. The van der Waals surface area contributed by atoms with E-state index in [1.54, 1.807) is 12.3 Å². The minimum atomic E-state index is 0.0426. The van der Waals surface area contributed by atoms with E-state index in [9.17, 15) is 4.79 Å². The van der Waals surface area contributed by atoms with Gasteiger partial charge in [-0.05, 0) is 42.2 Å². The highest BCUT2D eigenvalue weighted by Crippen LogP contribution is 2.48. The number of nitrogens with one attached hydrogen (secondary N) is 1. The first-order valence-corrected chi connectivity index (χ1v) is 8.03. The van der Waals surface area contributed by atoms with Gasteiger partial charge in [0.1, 0.15) is 0 Å². The minimum Gasteiger partial charge on any atom is -0.355 e. The Morgan fingerprint density at radius 1 is 1.23 bits per heavy atom. The van der Waals surface area contributed by atoms with E-state index in [0.29, 0.717) is 16.6 Å². The normalized spacial score (nSPS) is 19.7. The lowest BCUT2D eigenvalue weighted by atomic mass is 10.1. The van der Waals surface area contributed by atoms with Gasteiger partial charge in [0.05, 0.1) is 10.0 Å². The van der Waals surface area contributed by atoms with E-state index in [1.165, 1.54) is 0 Å². The first-order valence-electron chi connectivity index (χ1n) is 7.27. The number of carbonyl (C=O) groups is 1. The summed E-state index contributed by atoms with van der Waals surface area (Å²) in [6, 6.07) is 11.4. The molecule has 2 atom stereocenters. The lowest BCUT2D eigenvalue weighted by Crippen LogP contribution is -2.27. The van der Waals surface area contributed by atoms with E-state index in [-0.39, 0.29) is 17.7 Å². The molecule has 3 nitrogen and oxygen atoms in total. The molecule has 22 heavy (non-hydrogen) atoms. The Labute approximate surface area is 139 Å². The van der Waals surface area contributed by atoms with Gasteiger partial charge in [-0.15, -0.1) is 0 Å². The molecule has 1 fully saturated rings. The average molecular weight is 335 g/mol. The van der Waals surface area contributed by atoms with Crippen LogP contribution < -0.4 is 5.32 Å². The summed E-state index contributed by atoms with van der Waals surface area (Å²) in [5.41, 5.74) is 2.07. The molecule has 1 aromatic carbocycles. The van der Waals surface area contributed by atoms with Crippen LogP contribution in [0.2, 0.25) is 10.0 Å². The smallest absolute Gasteiger partial charge is 0.223 e. The zero-order valence-electron chi connectivity index (χ0n) is 11.9. The predicted molar refractivity (Wildman–Crippen MR) is 88.3 cm³/mol. The second-order valence-electron chi connectivity index (χ2n) is 5.48. The van der Waals surface area contributed by atoms with Crippen molar-refractivity contribution in [1.82, 2.24) is 10.3 Å². The third-order valence-corrected chi connectivity index (χ3v) is 4.64. The number of nitrogens with zero attached hydrogens (tertiary/aromatic N) is 1. The number of pyridine rings is 1. The zero-order chi connectivity index (χ0) is 15.5. The Morgan fingerprint density at radius 3 is 2.82 bits per heavy atom. The van der Waals surface area contributed by atoms with Gasteiger partial charge >= 0.3 is 0 Å². The van der Waals surface area contributed by atoms with Gasteiger partial charge in [-0.3, -0.25) is 9.78 Å². The Hall–Kier alpha value is -1.58. The second kappa shape index (κ2) is 6.67. The third-order valence-electron chi connectivity index (χ3n) is 3.91. The highest BCUT2D eigenvalue weighted by molar-refractivity contribution is 6.42. The second-order valence-corrected chi connectivity index (χ2v) is 6.30. The van der Waals surface area contributed by atoms with Gasteiger partial charge in [0.25, 0.3) is 0 Å². The van der Waals surface area contributed by atoms with Crippen molar-refractivity contribution >= 4 is 29.1 Å². The molecule has 0 spiro atoms. The van der Waals surface area contributed by atoms with Crippen LogP contribution in [0.5, 0.6) is 0 Å². The van der Waals surface area contributed by atoms with Crippen LogP contribution in [-0.2, 0) is 11.2 Å². The van der Waals surface area contributed by atoms with Crippen molar-refractivity contribution in [2.24, 2.45) is 5.92 Å². The summed E-state index contributed by atoms with van der Waals surface area (Å²) in [6.07, 6.45) is 3.38. The molecule has 1 heterocycles. The number of rotatable bonds is 5. The van der Waals surface area contributed by atoms with E-state index in [1.807, 2.05) is 30.3 Å². The Balaban J connectivity index is 1.49. The molecule has 0 bridgehead atoms. The summed E-state index contributed by atoms with van der Waals surface area (Å²) in [6.45, 7) is 0.612. The summed E-state index contributed by atoms with van der Waals surface area (Å²) < 4.78 is 0. The number of amides is 1. The number of benzene rings is 1. The van der Waals surface area contributed by atoms with Crippen LogP contribution in [0.1, 0.15) is 23.6 Å². The molecule has 114 valence electrons. The largest absolute Gasteiger partial charge is 0.355 e. The van der Waals surface area contributed by atoms with E-state index in [2.05, 4.69) is 10.3 Å². The molecule has 0 unspecified atom stereocenters. The standard InChI is InChI=1S/C17H16Cl2N2O/c18-15-5-4-11(9-16(15)19)13-10-14(13)17(22)21-8-6-12-3-1-2-7-20-12/h1-5,7,9,13-14H,6,8,10H2,(H,21,22)/t13-,14-/m1/s1.